The molecule has 0 aliphatic rings. The smallest absolute Gasteiger partial charge is 0.408 e. The summed E-state index contributed by atoms with van der Waals surface area (Å²) in [5, 5.41) is 10.2. The summed E-state index contributed by atoms with van der Waals surface area (Å²) in [7, 11) is 0. The molecule has 3 aromatic carbocycles. The maximum Gasteiger partial charge on any atom is 0.408 e. The Hall–Kier alpha value is -4.40. The molecule has 9 heteroatoms. The van der Waals surface area contributed by atoms with E-state index in [0.717, 1.165) is 21.9 Å². The number of rotatable bonds is 9. The van der Waals surface area contributed by atoms with Crippen molar-refractivity contribution >= 4 is 34.6 Å². The molecule has 3 amide bonds. The summed E-state index contributed by atoms with van der Waals surface area (Å²) in [6.07, 6.45) is -0.517. The van der Waals surface area contributed by atoms with Gasteiger partial charge in [0.25, 0.3) is 0 Å². The number of carbonyl (C=O) groups is 4. The Balaban J connectivity index is 0.000000425. The minimum atomic E-state index is -0.659. The second-order valence-corrected chi connectivity index (χ2v) is 10.2. The molecule has 214 valence electrons. The third kappa shape index (κ3) is 12.9. The zero-order chi connectivity index (χ0) is 29.5. The molecule has 0 heterocycles. The molecule has 3 N–H and O–H groups in total. The van der Waals surface area contributed by atoms with Gasteiger partial charge in [0.1, 0.15) is 18.8 Å². The van der Waals surface area contributed by atoms with Crippen LogP contribution in [0.3, 0.4) is 0 Å². The summed E-state index contributed by atoms with van der Waals surface area (Å²) in [6, 6.07) is 23.2. The minimum Gasteiger partial charge on any atom is -0.461 e. The predicted molar refractivity (Wildman–Crippen MR) is 154 cm³/mol. The van der Waals surface area contributed by atoms with Crippen LogP contribution in [0.1, 0.15) is 52.2 Å². The second kappa shape index (κ2) is 15.9. The topological polar surface area (TPSA) is 123 Å². The molecule has 0 saturated heterocycles. The molecule has 0 radical (unpaired) electrons. The van der Waals surface area contributed by atoms with E-state index in [1.54, 1.807) is 27.7 Å². The molecule has 0 aromatic heterocycles. The van der Waals surface area contributed by atoms with E-state index in [1.807, 2.05) is 72.8 Å². The molecular weight excluding hydrogens is 510 g/mol. The average Bonchev–Trinajstić information content (AvgIpc) is 2.89. The standard InChI is InChI=1S/C22H29N3O4.C9H10O2/c1-15(25-20(27)14-24-21(28)29-22(2,3)4)12-19(26)23-13-17-10-7-9-16-8-5-6-11-18(16)17;1-8(10)11-7-9-5-3-2-4-6-9/h5-11,15H,12-14H2,1-4H3,(H,23,26)(H,24,28)(H,25,27);2-6H,7H2,1H3. The maximum atomic E-state index is 12.2. The quantitative estimate of drug-likeness (QED) is 0.335. The van der Waals surface area contributed by atoms with Gasteiger partial charge < -0.3 is 25.4 Å². The van der Waals surface area contributed by atoms with Crippen molar-refractivity contribution in [1.29, 1.82) is 0 Å². The van der Waals surface area contributed by atoms with Gasteiger partial charge >= 0.3 is 12.1 Å². The number of alkyl carbamates (subject to hydrolysis) is 1. The molecule has 3 aromatic rings. The van der Waals surface area contributed by atoms with Crippen LogP contribution in [0, 0.1) is 0 Å². The van der Waals surface area contributed by atoms with E-state index in [2.05, 4.69) is 16.0 Å². The third-order valence-electron chi connectivity index (χ3n) is 5.33. The fourth-order valence-electron chi connectivity index (χ4n) is 3.59. The van der Waals surface area contributed by atoms with Crippen molar-refractivity contribution in [2.24, 2.45) is 0 Å². The summed E-state index contributed by atoms with van der Waals surface area (Å²) in [6.45, 7) is 8.95. The Morgan fingerprint density at radius 3 is 2.15 bits per heavy atom. The van der Waals surface area contributed by atoms with Gasteiger partial charge in [-0.15, -0.1) is 0 Å². The van der Waals surface area contributed by atoms with Crippen molar-refractivity contribution in [3.8, 4) is 0 Å². The summed E-state index contributed by atoms with van der Waals surface area (Å²) < 4.78 is 9.86. The van der Waals surface area contributed by atoms with Gasteiger partial charge in [0, 0.05) is 25.9 Å². The normalized spacial score (nSPS) is 11.3. The molecule has 0 spiro atoms. The van der Waals surface area contributed by atoms with E-state index >= 15 is 0 Å². The SMILES string of the molecule is CC(=O)OCc1ccccc1.CC(CC(=O)NCc1cccc2ccccc12)NC(=O)CNC(=O)OC(C)(C)C. The second-order valence-electron chi connectivity index (χ2n) is 10.2. The Bertz CT molecular complexity index is 1270. The van der Waals surface area contributed by atoms with Gasteiger partial charge in [-0.1, -0.05) is 72.8 Å². The summed E-state index contributed by atoms with van der Waals surface area (Å²) in [5.41, 5.74) is 1.42. The van der Waals surface area contributed by atoms with Crippen LogP contribution in [0.15, 0.2) is 72.8 Å². The van der Waals surface area contributed by atoms with Gasteiger partial charge in [-0.3, -0.25) is 14.4 Å². The van der Waals surface area contributed by atoms with E-state index in [4.69, 9.17) is 9.47 Å². The maximum absolute atomic E-state index is 12.2. The van der Waals surface area contributed by atoms with Gasteiger partial charge in [0.2, 0.25) is 11.8 Å². The Morgan fingerprint density at radius 2 is 1.48 bits per heavy atom. The highest BCUT2D eigenvalue weighted by Crippen LogP contribution is 2.18. The molecule has 40 heavy (non-hydrogen) atoms. The first-order valence-electron chi connectivity index (χ1n) is 13.1. The number of amides is 3. The largest absolute Gasteiger partial charge is 0.461 e. The number of carbonyl (C=O) groups excluding carboxylic acids is 4. The van der Waals surface area contributed by atoms with Crippen LogP contribution >= 0.6 is 0 Å². The molecule has 1 unspecified atom stereocenters. The minimum absolute atomic E-state index is 0.142. The van der Waals surface area contributed by atoms with E-state index in [-0.39, 0.29) is 36.8 Å². The van der Waals surface area contributed by atoms with Gasteiger partial charge in [-0.05, 0) is 49.6 Å². The number of hydrogen-bond donors (Lipinski definition) is 3. The van der Waals surface area contributed by atoms with Gasteiger partial charge in [0.15, 0.2) is 0 Å². The van der Waals surface area contributed by atoms with Crippen molar-refractivity contribution < 1.29 is 28.7 Å². The van der Waals surface area contributed by atoms with Crippen LogP contribution < -0.4 is 16.0 Å². The molecule has 9 nitrogen and oxygen atoms in total. The molecule has 1 atom stereocenters. The van der Waals surface area contributed by atoms with E-state index in [1.165, 1.54) is 6.92 Å². The van der Waals surface area contributed by atoms with Crippen molar-refractivity contribution in [2.45, 2.75) is 65.8 Å². The van der Waals surface area contributed by atoms with E-state index in [9.17, 15) is 19.2 Å². The highest BCUT2D eigenvalue weighted by molar-refractivity contribution is 5.86. The number of ether oxygens (including phenoxy) is 2. The zero-order valence-electron chi connectivity index (χ0n) is 23.8. The number of esters is 1. The lowest BCUT2D eigenvalue weighted by Gasteiger charge is -2.20. The molecule has 0 saturated carbocycles. The number of fused-ring (bicyclic) bond motifs is 1. The lowest BCUT2D eigenvalue weighted by molar-refractivity contribution is -0.142. The van der Waals surface area contributed by atoms with Crippen LogP contribution in [0.25, 0.3) is 10.8 Å². The zero-order valence-corrected chi connectivity index (χ0v) is 23.8. The molecular formula is C31H39N3O6. The fourth-order valence-corrected chi connectivity index (χ4v) is 3.59. The Morgan fingerprint density at radius 1 is 0.825 bits per heavy atom. The first-order chi connectivity index (χ1) is 18.9. The van der Waals surface area contributed by atoms with Crippen LogP contribution in [0.2, 0.25) is 0 Å². The fraction of sp³-hybridized carbons (Fsp3) is 0.355. The third-order valence-corrected chi connectivity index (χ3v) is 5.33. The van der Waals surface area contributed by atoms with Crippen molar-refractivity contribution in [3.63, 3.8) is 0 Å². The van der Waals surface area contributed by atoms with Crippen molar-refractivity contribution in [1.82, 2.24) is 16.0 Å². The summed E-state index contributed by atoms with van der Waals surface area (Å²) in [4.78, 5) is 46.1. The van der Waals surface area contributed by atoms with Crippen LogP contribution in [-0.4, -0.2) is 42.1 Å². The number of benzene rings is 3. The van der Waals surface area contributed by atoms with E-state index < -0.39 is 11.7 Å². The first kappa shape index (κ1) is 31.8. The number of hydrogen-bond acceptors (Lipinski definition) is 6. The molecule has 0 fully saturated rings. The predicted octanol–water partition coefficient (Wildman–Crippen LogP) is 4.63. The van der Waals surface area contributed by atoms with Crippen LogP contribution in [-0.2, 0) is 37.0 Å². The Kier molecular flexibility index (Phi) is 12.6. The molecule has 3 rings (SSSR count). The highest BCUT2D eigenvalue weighted by atomic mass is 16.6. The lowest BCUT2D eigenvalue weighted by Crippen LogP contribution is -2.43. The molecule has 0 aliphatic carbocycles. The van der Waals surface area contributed by atoms with Gasteiger partial charge in [0.05, 0.1) is 0 Å². The molecule has 0 bridgehead atoms. The average molecular weight is 550 g/mol. The number of nitrogens with one attached hydrogen (secondary N) is 3. The van der Waals surface area contributed by atoms with E-state index in [0.29, 0.717) is 13.2 Å². The molecule has 0 aliphatic heterocycles. The van der Waals surface area contributed by atoms with Crippen LogP contribution in [0.5, 0.6) is 0 Å². The summed E-state index contributed by atoms with van der Waals surface area (Å²) in [5.74, 6) is -0.787. The van der Waals surface area contributed by atoms with Gasteiger partial charge in [-0.2, -0.15) is 0 Å². The van der Waals surface area contributed by atoms with Crippen LogP contribution in [0.4, 0.5) is 4.79 Å². The van der Waals surface area contributed by atoms with Crippen molar-refractivity contribution in [2.75, 3.05) is 6.54 Å². The Labute approximate surface area is 235 Å². The van der Waals surface area contributed by atoms with Crippen molar-refractivity contribution in [3.05, 3.63) is 83.9 Å². The summed E-state index contributed by atoms with van der Waals surface area (Å²) >= 11 is 0. The lowest BCUT2D eigenvalue weighted by atomic mass is 10.0. The monoisotopic (exact) mass is 549 g/mol. The first-order valence-corrected chi connectivity index (χ1v) is 13.1. The highest BCUT2D eigenvalue weighted by Gasteiger charge is 2.17. The van der Waals surface area contributed by atoms with Gasteiger partial charge in [-0.25, -0.2) is 4.79 Å².